The van der Waals surface area contributed by atoms with E-state index in [4.69, 9.17) is 0 Å². The number of rotatable bonds is 3. The molecule has 20 heavy (non-hydrogen) atoms. The zero-order valence-corrected chi connectivity index (χ0v) is 11.2. The van der Waals surface area contributed by atoms with Crippen molar-refractivity contribution in [1.82, 2.24) is 0 Å². The highest BCUT2D eigenvalue weighted by molar-refractivity contribution is 5.91. The van der Waals surface area contributed by atoms with Crippen molar-refractivity contribution < 1.29 is 14.5 Å². The van der Waals surface area contributed by atoms with Crippen LogP contribution in [0.5, 0.6) is 0 Å². The second-order valence-corrected chi connectivity index (χ2v) is 5.44. The topological polar surface area (TPSA) is 72.7 Å². The van der Waals surface area contributed by atoms with E-state index in [0.29, 0.717) is 23.2 Å². The number of benzene rings is 1. The summed E-state index contributed by atoms with van der Waals surface area (Å²) in [6.45, 7) is 0.843. The molecule has 0 aromatic heterocycles. The Hall–Kier alpha value is -2.11. The number of esters is 1. The van der Waals surface area contributed by atoms with Crippen molar-refractivity contribution in [3.63, 3.8) is 0 Å². The molecule has 2 bridgehead atoms. The number of nitro benzene ring substituents is 1. The molecule has 1 aliphatic carbocycles. The van der Waals surface area contributed by atoms with Crippen molar-refractivity contribution in [2.24, 2.45) is 5.92 Å². The van der Waals surface area contributed by atoms with E-state index in [-0.39, 0.29) is 10.6 Å². The summed E-state index contributed by atoms with van der Waals surface area (Å²) in [6, 6.07) is 4.80. The molecule has 1 aromatic rings. The van der Waals surface area contributed by atoms with Crippen molar-refractivity contribution in [2.75, 3.05) is 18.6 Å². The molecule has 2 unspecified atom stereocenters. The quantitative estimate of drug-likeness (QED) is 0.481. The standard InChI is InChI=1S/C14H16N2O4/c1-20-14(17)10-3-5-12(16(18)19)13(7-10)15-8-9-2-4-11(15)6-9/h3,5,7,9,11H,2,4,6,8H2,1H3. The summed E-state index contributed by atoms with van der Waals surface area (Å²) in [6.07, 6.45) is 3.37. The summed E-state index contributed by atoms with van der Waals surface area (Å²) < 4.78 is 4.69. The predicted molar refractivity (Wildman–Crippen MR) is 72.9 cm³/mol. The first-order valence-corrected chi connectivity index (χ1v) is 6.73. The lowest BCUT2D eigenvalue weighted by atomic mass is 10.1. The van der Waals surface area contributed by atoms with Crippen LogP contribution in [0.2, 0.25) is 0 Å². The number of hydrogen-bond donors (Lipinski definition) is 0. The maximum Gasteiger partial charge on any atom is 0.337 e. The lowest BCUT2D eigenvalue weighted by molar-refractivity contribution is -0.384. The first-order chi connectivity index (χ1) is 9.60. The van der Waals surface area contributed by atoms with Gasteiger partial charge in [-0.15, -0.1) is 0 Å². The van der Waals surface area contributed by atoms with Gasteiger partial charge in [-0.05, 0) is 37.3 Å². The number of piperidine rings is 1. The van der Waals surface area contributed by atoms with Gasteiger partial charge in [-0.2, -0.15) is 0 Å². The molecule has 1 aromatic carbocycles. The fraction of sp³-hybridized carbons (Fsp3) is 0.500. The van der Waals surface area contributed by atoms with E-state index in [1.165, 1.54) is 25.7 Å². The molecule has 3 rings (SSSR count). The minimum Gasteiger partial charge on any atom is -0.465 e. The van der Waals surface area contributed by atoms with E-state index in [1.54, 1.807) is 6.07 Å². The highest BCUT2D eigenvalue weighted by Crippen LogP contribution is 2.43. The van der Waals surface area contributed by atoms with E-state index in [2.05, 4.69) is 9.64 Å². The number of anilines is 1. The number of nitro groups is 1. The molecular weight excluding hydrogens is 260 g/mol. The van der Waals surface area contributed by atoms with Crippen molar-refractivity contribution in [2.45, 2.75) is 25.3 Å². The molecule has 1 saturated carbocycles. The predicted octanol–water partition coefficient (Wildman–Crippen LogP) is 2.37. The highest BCUT2D eigenvalue weighted by Gasteiger charge is 2.40. The van der Waals surface area contributed by atoms with Crippen molar-refractivity contribution in [1.29, 1.82) is 0 Å². The lowest BCUT2D eigenvalue weighted by Crippen LogP contribution is -2.32. The number of hydrogen-bond acceptors (Lipinski definition) is 5. The Balaban J connectivity index is 2.02. The first-order valence-electron chi connectivity index (χ1n) is 6.73. The fourth-order valence-electron chi connectivity index (χ4n) is 3.37. The summed E-state index contributed by atoms with van der Waals surface area (Å²) >= 11 is 0. The Morgan fingerprint density at radius 3 is 2.80 bits per heavy atom. The van der Waals surface area contributed by atoms with E-state index < -0.39 is 5.97 Å². The minimum absolute atomic E-state index is 0.0604. The number of methoxy groups -OCH3 is 1. The molecule has 0 spiro atoms. The van der Waals surface area contributed by atoms with Gasteiger partial charge in [0.1, 0.15) is 5.69 Å². The van der Waals surface area contributed by atoms with Gasteiger partial charge in [0, 0.05) is 18.7 Å². The second kappa shape index (κ2) is 4.77. The van der Waals surface area contributed by atoms with Crippen LogP contribution in [0.15, 0.2) is 18.2 Å². The summed E-state index contributed by atoms with van der Waals surface area (Å²) in [7, 11) is 1.31. The van der Waals surface area contributed by atoms with E-state index >= 15 is 0 Å². The lowest BCUT2D eigenvalue weighted by Gasteiger charge is -2.28. The fourth-order valence-corrected chi connectivity index (χ4v) is 3.37. The van der Waals surface area contributed by atoms with Gasteiger partial charge in [0.2, 0.25) is 0 Å². The molecule has 0 N–H and O–H groups in total. The van der Waals surface area contributed by atoms with Gasteiger partial charge in [-0.3, -0.25) is 10.1 Å². The van der Waals surface area contributed by atoms with E-state index in [0.717, 1.165) is 19.4 Å². The molecule has 6 heteroatoms. The number of nitrogens with zero attached hydrogens (tertiary/aromatic N) is 2. The third-order valence-corrected chi connectivity index (χ3v) is 4.31. The minimum atomic E-state index is -0.467. The van der Waals surface area contributed by atoms with Gasteiger partial charge in [0.15, 0.2) is 0 Å². The number of ether oxygens (including phenoxy) is 1. The monoisotopic (exact) mass is 276 g/mol. The largest absolute Gasteiger partial charge is 0.465 e. The van der Waals surface area contributed by atoms with Crippen LogP contribution in [-0.2, 0) is 4.74 Å². The van der Waals surface area contributed by atoms with Crippen LogP contribution >= 0.6 is 0 Å². The zero-order valence-electron chi connectivity index (χ0n) is 11.2. The van der Waals surface area contributed by atoms with Crippen molar-refractivity contribution >= 4 is 17.3 Å². The number of fused-ring (bicyclic) bond motifs is 2. The molecule has 1 aliphatic heterocycles. The Morgan fingerprint density at radius 2 is 2.25 bits per heavy atom. The van der Waals surface area contributed by atoms with E-state index in [1.807, 2.05) is 0 Å². The summed E-state index contributed by atoms with van der Waals surface area (Å²) in [5, 5.41) is 11.2. The third kappa shape index (κ3) is 2.01. The Kier molecular flexibility index (Phi) is 3.08. The van der Waals surface area contributed by atoms with Crippen LogP contribution in [0.25, 0.3) is 0 Å². The van der Waals surface area contributed by atoms with Crippen LogP contribution in [0.3, 0.4) is 0 Å². The normalized spacial score (nSPS) is 23.9. The average molecular weight is 276 g/mol. The molecule has 2 atom stereocenters. The van der Waals surface area contributed by atoms with Gasteiger partial charge in [0.05, 0.1) is 17.6 Å². The van der Waals surface area contributed by atoms with Gasteiger partial charge in [-0.1, -0.05) is 0 Å². The van der Waals surface area contributed by atoms with Crippen LogP contribution in [0, 0.1) is 16.0 Å². The zero-order chi connectivity index (χ0) is 14.3. The van der Waals surface area contributed by atoms with Crippen molar-refractivity contribution in [3.05, 3.63) is 33.9 Å². The van der Waals surface area contributed by atoms with Crippen LogP contribution < -0.4 is 4.90 Å². The highest BCUT2D eigenvalue weighted by atomic mass is 16.6. The maximum absolute atomic E-state index is 11.6. The molecule has 1 heterocycles. The molecule has 2 aliphatic rings. The van der Waals surface area contributed by atoms with Gasteiger partial charge >= 0.3 is 5.97 Å². The maximum atomic E-state index is 11.6. The first kappa shape index (κ1) is 12.9. The van der Waals surface area contributed by atoms with Crippen LogP contribution in [-0.4, -0.2) is 30.6 Å². The van der Waals surface area contributed by atoms with Crippen LogP contribution in [0.4, 0.5) is 11.4 Å². The van der Waals surface area contributed by atoms with Crippen LogP contribution in [0.1, 0.15) is 29.6 Å². The Bertz CT molecular complexity index is 572. The number of carbonyl (C=O) groups excluding carboxylic acids is 1. The Morgan fingerprint density at radius 1 is 1.45 bits per heavy atom. The molecular formula is C14H16N2O4. The summed E-state index contributed by atoms with van der Waals surface area (Å²) in [5.41, 5.74) is 0.964. The number of carbonyl (C=O) groups is 1. The van der Waals surface area contributed by atoms with Crippen molar-refractivity contribution in [3.8, 4) is 0 Å². The van der Waals surface area contributed by atoms with Gasteiger partial charge < -0.3 is 9.64 Å². The van der Waals surface area contributed by atoms with Gasteiger partial charge in [-0.25, -0.2) is 4.79 Å². The Labute approximate surface area is 116 Å². The molecule has 0 radical (unpaired) electrons. The smallest absolute Gasteiger partial charge is 0.337 e. The van der Waals surface area contributed by atoms with Gasteiger partial charge in [0.25, 0.3) is 5.69 Å². The second-order valence-electron chi connectivity index (χ2n) is 5.44. The molecule has 2 fully saturated rings. The third-order valence-electron chi connectivity index (χ3n) is 4.31. The molecule has 1 saturated heterocycles. The average Bonchev–Trinajstić information content (AvgIpc) is 3.08. The summed E-state index contributed by atoms with van der Waals surface area (Å²) in [5.74, 6) is 0.159. The summed E-state index contributed by atoms with van der Waals surface area (Å²) in [4.78, 5) is 24.5. The molecule has 0 amide bonds. The SMILES string of the molecule is COC(=O)c1ccc([N+](=O)[O-])c(N2CC3CCC2C3)c1. The van der Waals surface area contributed by atoms with E-state index in [9.17, 15) is 14.9 Å². The molecule has 106 valence electrons. The molecule has 6 nitrogen and oxygen atoms in total.